The van der Waals surface area contributed by atoms with Gasteiger partial charge in [0.05, 0.1) is 24.8 Å². The Morgan fingerprint density at radius 3 is 2.81 bits per heavy atom. The molecule has 8 heteroatoms. The highest BCUT2D eigenvalue weighted by molar-refractivity contribution is 6.40. The van der Waals surface area contributed by atoms with Gasteiger partial charge in [0.15, 0.2) is 0 Å². The maximum Gasteiger partial charge on any atom is 0.306 e. The molecular weight excluding hydrogens is 350 g/mol. The molecule has 1 aromatic rings. The van der Waals surface area contributed by atoms with Gasteiger partial charge in [-0.1, -0.05) is 12.1 Å². The topological polar surface area (TPSA) is 99.5 Å². The second-order valence-corrected chi connectivity index (χ2v) is 6.88. The molecular formula is C19H23N3O5. The number of hydrogen-bond donors (Lipinski definition) is 1. The first-order chi connectivity index (χ1) is 12.8. The van der Waals surface area contributed by atoms with E-state index in [9.17, 15) is 14.4 Å². The molecule has 2 heterocycles. The third-order valence-corrected chi connectivity index (χ3v) is 4.70. The smallest absolute Gasteiger partial charge is 0.306 e. The zero-order valence-corrected chi connectivity index (χ0v) is 15.5. The third-order valence-electron chi connectivity index (χ3n) is 4.70. The molecule has 0 aliphatic carbocycles. The zero-order chi connectivity index (χ0) is 19.6. The number of carbonyl (C=O) groups is 3. The monoisotopic (exact) mass is 373 g/mol. The summed E-state index contributed by atoms with van der Waals surface area (Å²) in [5.41, 5.74) is 2.89. The van der Waals surface area contributed by atoms with Crippen LogP contribution in [-0.4, -0.2) is 59.3 Å². The lowest BCUT2D eigenvalue weighted by molar-refractivity contribution is -0.145. The van der Waals surface area contributed by atoms with Gasteiger partial charge in [0.25, 0.3) is 5.91 Å². The number of aryl methyl sites for hydroxylation is 2. The number of aliphatic carboxylic acids is 1. The van der Waals surface area contributed by atoms with Crippen molar-refractivity contribution in [2.75, 3.05) is 24.7 Å². The highest BCUT2D eigenvalue weighted by Gasteiger charge is 2.32. The number of morpholine rings is 1. The van der Waals surface area contributed by atoms with Crippen molar-refractivity contribution < 1.29 is 24.2 Å². The number of carboxylic acids is 1. The minimum Gasteiger partial charge on any atom is -0.481 e. The summed E-state index contributed by atoms with van der Waals surface area (Å²) < 4.78 is 5.41. The molecule has 2 amide bonds. The minimum absolute atomic E-state index is 0.147. The summed E-state index contributed by atoms with van der Waals surface area (Å²) >= 11 is 0. The fourth-order valence-corrected chi connectivity index (χ4v) is 3.25. The van der Waals surface area contributed by atoms with Gasteiger partial charge in [-0.05, 0) is 31.0 Å². The van der Waals surface area contributed by atoms with Crippen molar-refractivity contribution in [2.45, 2.75) is 39.2 Å². The van der Waals surface area contributed by atoms with Crippen LogP contribution in [-0.2, 0) is 19.1 Å². The van der Waals surface area contributed by atoms with Gasteiger partial charge in [-0.25, -0.2) is 5.01 Å². The SMILES string of the molecule is Cc1ccc(C)c(N2N=C(C(=O)N3CCOC(CC(=O)O)C3)CCC2=O)c1. The summed E-state index contributed by atoms with van der Waals surface area (Å²) in [6.07, 6.45) is -0.189. The van der Waals surface area contributed by atoms with Gasteiger partial charge >= 0.3 is 5.97 Å². The van der Waals surface area contributed by atoms with Crippen LogP contribution in [0.25, 0.3) is 0 Å². The summed E-state index contributed by atoms with van der Waals surface area (Å²) in [6, 6.07) is 5.75. The Bertz CT molecular complexity index is 805. The molecule has 1 atom stereocenters. The fraction of sp³-hybridized carbons (Fsp3) is 0.474. The second-order valence-electron chi connectivity index (χ2n) is 6.88. The molecule has 8 nitrogen and oxygen atoms in total. The van der Waals surface area contributed by atoms with E-state index in [1.165, 1.54) is 5.01 Å². The highest BCUT2D eigenvalue weighted by atomic mass is 16.5. The second kappa shape index (κ2) is 7.87. The van der Waals surface area contributed by atoms with Gasteiger partial charge in [0.1, 0.15) is 5.71 Å². The Hall–Kier alpha value is -2.74. The summed E-state index contributed by atoms with van der Waals surface area (Å²) in [6.45, 7) is 4.71. The van der Waals surface area contributed by atoms with Gasteiger partial charge in [0.2, 0.25) is 5.91 Å². The molecule has 3 rings (SSSR count). The molecule has 1 N–H and O–H groups in total. The molecule has 1 saturated heterocycles. The maximum atomic E-state index is 12.9. The van der Waals surface area contributed by atoms with Crippen molar-refractivity contribution >= 4 is 29.2 Å². The van der Waals surface area contributed by atoms with Crippen LogP contribution < -0.4 is 5.01 Å². The van der Waals surface area contributed by atoms with Crippen LogP contribution in [0.15, 0.2) is 23.3 Å². The number of ether oxygens (including phenoxy) is 1. The third kappa shape index (κ3) is 4.33. The quantitative estimate of drug-likeness (QED) is 0.862. The van der Waals surface area contributed by atoms with Crippen molar-refractivity contribution in [1.82, 2.24) is 4.90 Å². The van der Waals surface area contributed by atoms with E-state index in [0.717, 1.165) is 11.1 Å². The lowest BCUT2D eigenvalue weighted by Crippen LogP contribution is -2.50. The Morgan fingerprint density at radius 2 is 2.07 bits per heavy atom. The van der Waals surface area contributed by atoms with E-state index in [0.29, 0.717) is 17.9 Å². The molecule has 2 aliphatic heterocycles. The minimum atomic E-state index is -0.962. The van der Waals surface area contributed by atoms with Crippen LogP contribution in [0.4, 0.5) is 5.69 Å². The van der Waals surface area contributed by atoms with E-state index >= 15 is 0 Å². The number of carboxylic acid groups (broad SMARTS) is 1. The van der Waals surface area contributed by atoms with Gasteiger partial charge in [-0.15, -0.1) is 0 Å². The normalized spacial score (nSPS) is 20.4. The number of benzene rings is 1. The molecule has 2 aliphatic rings. The molecule has 1 unspecified atom stereocenters. The molecule has 0 bridgehead atoms. The van der Waals surface area contributed by atoms with E-state index < -0.39 is 12.1 Å². The van der Waals surface area contributed by atoms with Crippen molar-refractivity contribution in [2.24, 2.45) is 5.10 Å². The van der Waals surface area contributed by atoms with E-state index in [-0.39, 0.29) is 44.2 Å². The van der Waals surface area contributed by atoms with Crippen molar-refractivity contribution in [1.29, 1.82) is 0 Å². The first-order valence-electron chi connectivity index (χ1n) is 8.95. The van der Waals surface area contributed by atoms with Crippen LogP contribution in [0.3, 0.4) is 0 Å². The van der Waals surface area contributed by atoms with E-state index in [1.54, 1.807) is 4.90 Å². The van der Waals surface area contributed by atoms with Crippen LogP contribution in [0, 0.1) is 13.8 Å². The first-order valence-corrected chi connectivity index (χ1v) is 8.95. The molecule has 1 aromatic carbocycles. The fourth-order valence-electron chi connectivity index (χ4n) is 3.25. The van der Waals surface area contributed by atoms with Gasteiger partial charge in [0, 0.05) is 25.9 Å². The Morgan fingerprint density at radius 1 is 1.30 bits per heavy atom. The molecule has 144 valence electrons. The van der Waals surface area contributed by atoms with E-state index in [2.05, 4.69) is 5.10 Å². The number of rotatable bonds is 4. The molecule has 0 saturated carbocycles. The summed E-state index contributed by atoms with van der Waals surface area (Å²) in [5.74, 6) is -1.38. The lowest BCUT2D eigenvalue weighted by Gasteiger charge is -2.33. The standard InChI is InChI=1S/C19H23N3O5/c1-12-3-4-13(2)16(9-12)22-17(23)6-5-15(20-22)19(26)21-7-8-27-14(11-21)10-18(24)25/h3-4,9,14H,5-8,10-11H2,1-2H3,(H,24,25). The number of hydrazone groups is 1. The molecule has 0 aromatic heterocycles. The number of nitrogens with zero attached hydrogens (tertiary/aromatic N) is 3. The summed E-state index contributed by atoms with van der Waals surface area (Å²) in [5, 5.41) is 14.6. The predicted molar refractivity (Wildman–Crippen MR) is 98.6 cm³/mol. The number of carbonyl (C=O) groups excluding carboxylic acids is 2. The summed E-state index contributed by atoms with van der Waals surface area (Å²) in [4.78, 5) is 37.7. The van der Waals surface area contributed by atoms with Crippen molar-refractivity contribution in [3.63, 3.8) is 0 Å². The molecule has 1 fully saturated rings. The average Bonchev–Trinajstić information content (AvgIpc) is 2.63. The van der Waals surface area contributed by atoms with Crippen molar-refractivity contribution in [3.05, 3.63) is 29.3 Å². The van der Waals surface area contributed by atoms with Crippen LogP contribution in [0.5, 0.6) is 0 Å². The van der Waals surface area contributed by atoms with Crippen LogP contribution in [0.1, 0.15) is 30.4 Å². The Balaban J connectivity index is 1.81. The summed E-state index contributed by atoms with van der Waals surface area (Å²) in [7, 11) is 0. The number of amides is 2. The average molecular weight is 373 g/mol. The Kier molecular flexibility index (Phi) is 5.55. The van der Waals surface area contributed by atoms with Crippen molar-refractivity contribution in [3.8, 4) is 0 Å². The predicted octanol–water partition coefficient (Wildman–Crippen LogP) is 1.49. The van der Waals surface area contributed by atoms with Gasteiger partial charge in [-0.2, -0.15) is 5.10 Å². The largest absolute Gasteiger partial charge is 0.481 e. The molecule has 27 heavy (non-hydrogen) atoms. The zero-order valence-electron chi connectivity index (χ0n) is 15.5. The molecule has 0 radical (unpaired) electrons. The Labute approximate surface area is 157 Å². The molecule has 0 spiro atoms. The van der Waals surface area contributed by atoms with Gasteiger partial charge in [-0.3, -0.25) is 14.4 Å². The first kappa shape index (κ1) is 19.0. The number of anilines is 1. The van der Waals surface area contributed by atoms with Crippen LogP contribution >= 0.6 is 0 Å². The highest BCUT2D eigenvalue weighted by Crippen LogP contribution is 2.26. The maximum absolute atomic E-state index is 12.9. The number of hydrogen-bond acceptors (Lipinski definition) is 5. The van der Waals surface area contributed by atoms with Crippen LogP contribution in [0.2, 0.25) is 0 Å². The lowest BCUT2D eigenvalue weighted by atomic mass is 10.1. The van der Waals surface area contributed by atoms with E-state index in [1.807, 2.05) is 32.0 Å². The van der Waals surface area contributed by atoms with E-state index in [4.69, 9.17) is 9.84 Å². The van der Waals surface area contributed by atoms with Gasteiger partial charge < -0.3 is 14.7 Å².